The molecule has 0 fully saturated rings. The molecule has 0 saturated carbocycles. The molecule has 0 unspecified atom stereocenters. The molecule has 0 aliphatic heterocycles. The number of nitrogens with zero attached hydrogens (tertiary/aromatic N) is 1. The van der Waals surface area contributed by atoms with Crippen LogP contribution < -0.4 is 10.5 Å². The molecule has 96 valence electrons. The summed E-state index contributed by atoms with van der Waals surface area (Å²) >= 11 is 1.34. The highest BCUT2D eigenvalue weighted by Crippen LogP contribution is 2.33. The summed E-state index contributed by atoms with van der Waals surface area (Å²) in [7, 11) is 0. The fraction of sp³-hybridized carbons (Fsp3) is 0.0714. The van der Waals surface area contributed by atoms with Gasteiger partial charge in [-0.3, -0.25) is 0 Å². The van der Waals surface area contributed by atoms with Gasteiger partial charge in [0.25, 0.3) is 5.19 Å². The molecule has 0 saturated heterocycles. The van der Waals surface area contributed by atoms with E-state index >= 15 is 0 Å². The van der Waals surface area contributed by atoms with E-state index in [1.165, 1.54) is 11.3 Å². The highest BCUT2D eigenvalue weighted by atomic mass is 32.1. The van der Waals surface area contributed by atoms with E-state index in [-0.39, 0.29) is 11.6 Å². The molecule has 3 aromatic rings. The highest BCUT2D eigenvalue weighted by molar-refractivity contribution is 7.20. The van der Waals surface area contributed by atoms with Crippen molar-refractivity contribution < 1.29 is 9.13 Å². The van der Waals surface area contributed by atoms with E-state index in [1.54, 1.807) is 31.2 Å². The molecule has 5 heteroatoms. The Hall–Kier alpha value is -2.14. The summed E-state index contributed by atoms with van der Waals surface area (Å²) in [5, 5.41) is 0.408. The van der Waals surface area contributed by atoms with Crippen LogP contribution in [0.5, 0.6) is 10.9 Å². The minimum Gasteiger partial charge on any atom is -0.428 e. The first kappa shape index (κ1) is 11.9. The van der Waals surface area contributed by atoms with Gasteiger partial charge in [0.05, 0.1) is 10.2 Å². The molecule has 1 aromatic heterocycles. The number of rotatable bonds is 2. The number of hydrogen-bond acceptors (Lipinski definition) is 4. The van der Waals surface area contributed by atoms with Gasteiger partial charge in [0.15, 0.2) is 11.6 Å². The molecule has 1 heterocycles. The molecule has 0 aliphatic rings. The third-order valence-corrected chi connectivity index (χ3v) is 3.64. The number of aromatic nitrogens is 1. The molecule has 0 atom stereocenters. The lowest BCUT2D eigenvalue weighted by molar-refractivity contribution is 0.438. The number of nitrogen functional groups attached to an aromatic ring is 1. The molecule has 19 heavy (non-hydrogen) atoms. The van der Waals surface area contributed by atoms with Gasteiger partial charge in [-0.15, -0.1) is 0 Å². The maximum absolute atomic E-state index is 13.8. The van der Waals surface area contributed by atoms with Crippen molar-refractivity contribution in [1.29, 1.82) is 0 Å². The van der Waals surface area contributed by atoms with Gasteiger partial charge in [-0.25, -0.2) is 9.37 Å². The molecule has 0 radical (unpaired) electrons. The van der Waals surface area contributed by atoms with Gasteiger partial charge in [0, 0.05) is 5.69 Å². The van der Waals surface area contributed by atoms with E-state index < -0.39 is 0 Å². The highest BCUT2D eigenvalue weighted by Gasteiger charge is 2.10. The van der Waals surface area contributed by atoms with E-state index in [0.29, 0.717) is 16.4 Å². The number of aryl methyl sites for hydroxylation is 1. The summed E-state index contributed by atoms with van der Waals surface area (Å²) in [5.41, 5.74) is 7.72. The number of benzene rings is 2. The van der Waals surface area contributed by atoms with Gasteiger partial charge in [-0.1, -0.05) is 23.5 Å². The second-order valence-corrected chi connectivity index (χ2v) is 5.19. The van der Waals surface area contributed by atoms with Crippen LogP contribution in [0.1, 0.15) is 5.56 Å². The monoisotopic (exact) mass is 274 g/mol. The first-order valence-corrected chi connectivity index (χ1v) is 6.54. The quantitative estimate of drug-likeness (QED) is 0.715. The zero-order chi connectivity index (χ0) is 13.4. The molecule has 0 spiro atoms. The molecule has 3 nitrogen and oxygen atoms in total. The van der Waals surface area contributed by atoms with Gasteiger partial charge < -0.3 is 10.5 Å². The van der Waals surface area contributed by atoms with Crippen LogP contribution in [-0.4, -0.2) is 4.98 Å². The van der Waals surface area contributed by atoms with Crippen molar-refractivity contribution in [2.75, 3.05) is 5.73 Å². The summed E-state index contributed by atoms with van der Waals surface area (Å²) < 4.78 is 20.3. The van der Waals surface area contributed by atoms with Crippen LogP contribution in [0.15, 0.2) is 36.4 Å². The molecular formula is C14H11FN2OS. The number of anilines is 1. The Bertz CT molecular complexity index is 754. The SMILES string of the molecule is Cc1cccc(Oc2nc3ccc(N)cc3s2)c1F. The Labute approximate surface area is 113 Å². The number of hydrogen-bond donors (Lipinski definition) is 1. The van der Waals surface area contributed by atoms with Crippen LogP contribution in [-0.2, 0) is 0 Å². The van der Waals surface area contributed by atoms with Crippen LogP contribution in [0.2, 0.25) is 0 Å². The number of halogens is 1. The molecule has 0 bridgehead atoms. The largest absolute Gasteiger partial charge is 0.428 e. The minimum atomic E-state index is -0.360. The fourth-order valence-corrected chi connectivity index (χ4v) is 2.63. The number of thiazole rings is 1. The molecule has 3 rings (SSSR count). The maximum Gasteiger partial charge on any atom is 0.279 e. The standard InChI is InChI=1S/C14H11FN2OS/c1-8-3-2-4-11(13(8)15)18-14-17-10-6-5-9(16)7-12(10)19-14/h2-7H,16H2,1H3. The van der Waals surface area contributed by atoms with Crippen molar-refractivity contribution in [2.24, 2.45) is 0 Å². The summed E-state index contributed by atoms with van der Waals surface area (Å²) in [4.78, 5) is 4.29. The Kier molecular flexibility index (Phi) is 2.83. The van der Waals surface area contributed by atoms with Crippen LogP contribution in [0.4, 0.5) is 10.1 Å². The minimum absolute atomic E-state index is 0.187. The maximum atomic E-state index is 13.8. The van der Waals surface area contributed by atoms with Crippen molar-refractivity contribution in [1.82, 2.24) is 4.98 Å². The average Bonchev–Trinajstić information content (AvgIpc) is 2.76. The second-order valence-electron chi connectivity index (χ2n) is 4.20. The van der Waals surface area contributed by atoms with Gasteiger partial charge in [0.1, 0.15) is 0 Å². The zero-order valence-corrected chi connectivity index (χ0v) is 11.0. The lowest BCUT2D eigenvalue weighted by Gasteiger charge is -2.04. The van der Waals surface area contributed by atoms with Crippen LogP contribution in [0.3, 0.4) is 0 Å². The Morgan fingerprint density at radius 3 is 2.95 bits per heavy atom. The number of ether oxygens (including phenoxy) is 1. The summed E-state index contributed by atoms with van der Waals surface area (Å²) in [6.45, 7) is 1.70. The normalized spacial score (nSPS) is 10.8. The van der Waals surface area contributed by atoms with Gasteiger partial charge in [-0.2, -0.15) is 0 Å². The Morgan fingerprint density at radius 1 is 1.26 bits per heavy atom. The van der Waals surface area contributed by atoms with E-state index in [1.807, 2.05) is 12.1 Å². The van der Waals surface area contributed by atoms with Crippen molar-refractivity contribution in [3.05, 3.63) is 47.8 Å². The van der Waals surface area contributed by atoms with Crippen molar-refractivity contribution in [2.45, 2.75) is 6.92 Å². The predicted molar refractivity (Wildman–Crippen MR) is 75.2 cm³/mol. The summed E-state index contributed by atoms with van der Waals surface area (Å²) in [5.74, 6) is -0.173. The first-order chi connectivity index (χ1) is 9.13. The van der Waals surface area contributed by atoms with Crippen molar-refractivity contribution in [3.8, 4) is 10.9 Å². The Morgan fingerprint density at radius 2 is 2.11 bits per heavy atom. The molecular weight excluding hydrogens is 263 g/mol. The van der Waals surface area contributed by atoms with E-state index in [9.17, 15) is 4.39 Å². The zero-order valence-electron chi connectivity index (χ0n) is 10.2. The lowest BCUT2D eigenvalue weighted by atomic mass is 10.2. The smallest absolute Gasteiger partial charge is 0.279 e. The molecule has 2 N–H and O–H groups in total. The lowest BCUT2D eigenvalue weighted by Crippen LogP contribution is -1.89. The molecule has 2 aromatic carbocycles. The van der Waals surface area contributed by atoms with E-state index in [0.717, 1.165) is 10.2 Å². The van der Waals surface area contributed by atoms with Crippen LogP contribution in [0, 0.1) is 12.7 Å². The average molecular weight is 274 g/mol. The number of nitrogens with two attached hydrogens (primary N) is 1. The van der Waals surface area contributed by atoms with E-state index in [2.05, 4.69) is 4.98 Å². The predicted octanol–water partition coefficient (Wildman–Crippen LogP) is 4.12. The topological polar surface area (TPSA) is 48.1 Å². The molecule has 0 aliphatic carbocycles. The Balaban J connectivity index is 1.99. The van der Waals surface area contributed by atoms with Crippen molar-refractivity contribution in [3.63, 3.8) is 0 Å². The second kappa shape index (κ2) is 4.51. The fourth-order valence-electron chi connectivity index (χ4n) is 1.76. The summed E-state index contributed by atoms with van der Waals surface area (Å²) in [6.07, 6.45) is 0. The van der Waals surface area contributed by atoms with E-state index in [4.69, 9.17) is 10.5 Å². The van der Waals surface area contributed by atoms with Gasteiger partial charge in [-0.05, 0) is 36.8 Å². The van der Waals surface area contributed by atoms with Gasteiger partial charge in [0.2, 0.25) is 0 Å². The van der Waals surface area contributed by atoms with Crippen LogP contribution in [0.25, 0.3) is 10.2 Å². The third kappa shape index (κ3) is 2.24. The first-order valence-electron chi connectivity index (χ1n) is 5.72. The van der Waals surface area contributed by atoms with Gasteiger partial charge >= 0.3 is 0 Å². The molecule has 0 amide bonds. The van der Waals surface area contributed by atoms with Crippen LogP contribution >= 0.6 is 11.3 Å². The summed E-state index contributed by atoms with van der Waals surface area (Å²) in [6, 6.07) is 10.5. The third-order valence-electron chi connectivity index (χ3n) is 2.75. The number of fused-ring (bicyclic) bond motifs is 1. The van der Waals surface area contributed by atoms with Crippen molar-refractivity contribution >= 4 is 27.2 Å².